The van der Waals surface area contributed by atoms with Crippen LogP contribution in [0.2, 0.25) is 19.3 Å². The van der Waals surface area contributed by atoms with Crippen LogP contribution in [0, 0.1) is 23.7 Å². The number of rotatable bonds is 2. The molecular weight excluding hydrogens is 430 g/mol. The second kappa shape index (κ2) is 8.12. The molecule has 6 atom stereocenters. The van der Waals surface area contributed by atoms with E-state index in [1.165, 1.54) is 20.1 Å². The van der Waals surface area contributed by atoms with Gasteiger partial charge in [0.05, 0.1) is 0 Å². The van der Waals surface area contributed by atoms with Crippen molar-refractivity contribution in [3.63, 3.8) is 0 Å². The van der Waals surface area contributed by atoms with Gasteiger partial charge in [-0.25, -0.2) is 0 Å². The number of hydrogen-bond acceptors (Lipinski definition) is 0. The van der Waals surface area contributed by atoms with Gasteiger partial charge in [0.15, 0.2) is 0 Å². The predicted molar refractivity (Wildman–Crippen MR) is 91.9 cm³/mol. The third kappa shape index (κ3) is 3.42. The Morgan fingerprint density at radius 2 is 1.08 bits per heavy atom. The molecule has 0 radical (unpaired) electrons. The zero-order valence-corrected chi connectivity index (χ0v) is 19.1. The van der Waals surface area contributed by atoms with E-state index in [9.17, 15) is 0 Å². The number of fused-ring (bicyclic) bond motifs is 2. The van der Waals surface area contributed by atoms with Crippen molar-refractivity contribution >= 4 is 5.43 Å². The van der Waals surface area contributed by atoms with E-state index in [4.69, 9.17) is 0 Å². The van der Waals surface area contributed by atoms with E-state index in [0.717, 1.165) is 23.7 Å². The molecule has 0 bridgehead atoms. The summed E-state index contributed by atoms with van der Waals surface area (Å²) < 4.78 is 2.43. The molecule has 4 heteroatoms. The van der Waals surface area contributed by atoms with Crippen molar-refractivity contribution in [2.45, 2.75) is 45.0 Å². The Morgan fingerprint density at radius 1 is 0.625 bits per heavy atom. The second-order valence-corrected chi connectivity index (χ2v) is 24.7. The summed E-state index contributed by atoms with van der Waals surface area (Å²) in [6.45, 7) is 0. The number of allylic oxidation sites excluding steroid dienone is 8. The average molecular weight is 457 g/mol. The molecule has 1 aliphatic heterocycles. The van der Waals surface area contributed by atoms with Crippen LogP contribution in [-0.2, 0) is 20.4 Å². The molecule has 5 aliphatic rings. The topological polar surface area (TPSA) is 0 Å². The maximum absolute atomic E-state index is 2.62. The van der Waals surface area contributed by atoms with Crippen molar-refractivity contribution in [3.8, 4) is 0 Å². The number of halogens is 2. The van der Waals surface area contributed by atoms with Gasteiger partial charge in [-0.2, -0.15) is 0 Å². The molecule has 0 N–H and O–H groups in total. The smallest absolute Gasteiger partial charge is 1.00 e. The van der Waals surface area contributed by atoms with E-state index >= 15 is 0 Å². The third-order valence-corrected chi connectivity index (χ3v) is 30.0. The first-order chi connectivity index (χ1) is 10.9. The monoisotopic (exact) mass is 454 g/mol. The summed E-state index contributed by atoms with van der Waals surface area (Å²) in [7, 11) is 0. The largest absolute Gasteiger partial charge is 1.00 e. The van der Waals surface area contributed by atoms with E-state index in [2.05, 4.69) is 48.6 Å². The molecule has 128 valence electrons. The fourth-order valence-corrected chi connectivity index (χ4v) is 34.2. The molecule has 0 aromatic heterocycles. The van der Waals surface area contributed by atoms with Crippen LogP contribution in [-0.4, -0.2) is 5.43 Å². The van der Waals surface area contributed by atoms with Crippen LogP contribution in [0.3, 0.4) is 0 Å². The molecule has 0 nitrogen and oxygen atoms in total. The van der Waals surface area contributed by atoms with Crippen LogP contribution < -0.4 is 24.8 Å². The van der Waals surface area contributed by atoms with Crippen LogP contribution in [0.25, 0.3) is 0 Å². The Hall–Kier alpha value is 0.640. The van der Waals surface area contributed by atoms with Crippen molar-refractivity contribution in [3.05, 3.63) is 48.6 Å². The zero-order chi connectivity index (χ0) is 14.5. The van der Waals surface area contributed by atoms with E-state index in [-0.39, 0.29) is 30.2 Å². The summed E-state index contributed by atoms with van der Waals surface area (Å²) >= 11 is -1.25. The summed E-state index contributed by atoms with van der Waals surface area (Å²) in [4.78, 5) is 0. The second-order valence-electron chi connectivity index (χ2n) is 7.95. The van der Waals surface area contributed by atoms with Gasteiger partial charge in [-0.05, 0) is 0 Å². The Labute approximate surface area is 167 Å². The van der Waals surface area contributed by atoms with Gasteiger partial charge in [0.25, 0.3) is 0 Å². The standard InChI is InChI=1S/2C9H11.C2H4Si.2ClH.Zr/c2*1-2-5-9-7-3-6-8(9)4-1;1-2-3-1;;;/h2*1-2,4-6,8-9H,3,7H2;1-2H2;2*1H;/q;;;;;+2/p-2. The van der Waals surface area contributed by atoms with Crippen molar-refractivity contribution in [1.29, 1.82) is 0 Å². The molecule has 2 saturated carbocycles. The molecule has 0 amide bonds. The van der Waals surface area contributed by atoms with E-state index in [1.807, 2.05) is 0 Å². The molecule has 1 saturated heterocycles. The van der Waals surface area contributed by atoms with E-state index < -0.39 is 20.4 Å². The van der Waals surface area contributed by atoms with E-state index in [1.54, 1.807) is 24.9 Å². The molecule has 4 aliphatic carbocycles. The zero-order valence-electron chi connectivity index (χ0n) is 14.1. The maximum Gasteiger partial charge on any atom is -1.00 e. The van der Waals surface area contributed by atoms with Gasteiger partial charge in [-0.1, -0.05) is 0 Å². The minimum absolute atomic E-state index is 0. The molecule has 0 aromatic carbocycles. The Kier molecular flexibility index (Phi) is 6.56. The molecular formula is C20H26Cl2SiZr. The molecule has 5 rings (SSSR count). The normalized spacial score (nSPS) is 40.2. The molecule has 3 fully saturated rings. The van der Waals surface area contributed by atoms with Gasteiger partial charge in [0.1, 0.15) is 0 Å². The maximum atomic E-state index is 2.62. The van der Waals surface area contributed by atoms with Crippen molar-refractivity contribution < 1.29 is 45.2 Å². The SMILES string of the molecule is C1=CC2CC[CH]([Zr+2]([CH]3CCC4C=CC=CC43)=[Si]3CC3)C2C=C1.[Cl-].[Cl-]. The molecule has 0 aromatic rings. The third-order valence-electron chi connectivity index (χ3n) is 6.85. The van der Waals surface area contributed by atoms with Crippen LogP contribution in [0.4, 0.5) is 0 Å². The first kappa shape index (κ1) is 19.4. The first-order valence-electron chi connectivity index (χ1n) is 9.33. The molecule has 24 heavy (non-hydrogen) atoms. The van der Waals surface area contributed by atoms with Gasteiger partial charge < -0.3 is 24.8 Å². The van der Waals surface area contributed by atoms with E-state index in [0.29, 0.717) is 0 Å². The van der Waals surface area contributed by atoms with Gasteiger partial charge >= 0.3 is 143 Å². The van der Waals surface area contributed by atoms with Crippen LogP contribution >= 0.6 is 0 Å². The fourth-order valence-electron chi connectivity index (χ4n) is 5.79. The summed E-state index contributed by atoms with van der Waals surface area (Å²) in [6, 6.07) is 3.42. The molecule has 6 unspecified atom stereocenters. The summed E-state index contributed by atoms with van der Waals surface area (Å²) in [5.41, 5.74) is 0.193. The van der Waals surface area contributed by atoms with Gasteiger partial charge in [-0.15, -0.1) is 0 Å². The number of hydrogen-bond donors (Lipinski definition) is 0. The summed E-state index contributed by atoms with van der Waals surface area (Å²) in [5, 5.41) is 0. The van der Waals surface area contributed by atoms with Crippen LogP contribution in [0.15, 0.2) is 48.6 Å². The minimum atomic E-state index is -1.25. The quantitative estimate of drug-likeness (QED) is 0.492. The van der Waals surface area contributed by atoms with Crippen molar-refractivity contribution in [2.24, 2.45) is 23.7 Å². The minimum Gasteiger partial charge on any atom is -1.00 e. The van der Waals surface area contributed by atoms with Gasteiger partial charge in [-0.3, -0.25) is 0 Å². The summed E-state index contributed by atoms with van der Waals surface area (Å²) in [6.07, 6.45) is 25.9. The van der Waals surface area contributed by atoms with Gasteiger partial charge in [0.2, 0.25) is 0 Å². The Bertz CT molecular complexity index is 582. The van der Waals surface area contributed by atoms with Crippen LogP contribution in [0.5, 0.6) is 0 Å². The summed E-state index contributed by atoms with van der Waals surface area (Å²) in [5.74, 6) is 3.79. The molecule has 0 spiro atoms. The van der Waals surface area contributed by atoms with Crippen molar-refractivity contribution in [1.82, 2.24) is 0 Å². The van der Waals surface area contributed by atoms with Crippen molar-refractivity contribution in [2.75, 3.05) is 0 Å². The van der Waals surface area contributed by atoms with Crippen LogP contribution in [0.1, 0.15) is 25.7 Å². The predicted octanol–water partition coefficient (Wildman–Crippen LogP) is -0.501. The Balaban J connectivity index is 0.000000845. The Morgan fingerprint density at radius 3 is 1.54 bits per heavy atom. The first-order valence-corrected chi connectivity index (χ1v) is 17.8. The fraction of sp³-hybridized carbons (Fsp3) is 0.600. The molecule has 1 heterocycles. The van der Waals surface area contributed by atoms with Gasteiger partial charge in [0, 0.05) is 0 Å². The average Bonchev–Trinajstić information content (AvgIpc) is 3.17.